The molecule has 0 spiro atoms. The Morgan fingerprint density at radius 1 is 1.29 bits per heavy atom. The van der Waals surface area contributed by atoms with Crippen molar-refractivity contribution < 1.29 is 4.79 Å². The summed E-state index contributed by atoms with van der Waals surface area (Å²) in [5.41, 5.74) is 5.59. The Kier molecular flexibility index (Phi) is 5.96. The van der Waals surface area contributed by atoms with E-state index in [0.717, 1.165) is 5.92 Å². The topological polar surface area (TPSA) is 46.3 Å². The minimum absolute atomic E-state index is 0.154. The van der Waals surface area contributed by atoms with Gasteiger partial charge >= 0.3 is 0 Å². The zero-order valence-corrected chi connectivity index (χ0v) is 11.6. The molecule has 1 amide bonds. The van der Waals surface area contributed by atoms with Crippen LogP contribution in [0.2, 0.25) is 0 Å². The number of nitrogens with two attached hydrogens (primary N) is 1. The lowest BCUT2D eigenvalue weighted by Crippen LogP contribution is -2.40. The molecule has 3 nitrogen and oxygen atoms in total. The predicted octanol–water partition coefficient (Wildman–Crippen LogP) is 2.40. The van der Waals surface area contributed by atoms with Gasteiger partial charge in [-0.15, -0.1) is 0 Å². The smallest absolute Gasteiger partial charge is 0.222 e. The van der Waals surface area contributed by atoms with Gasteiger partial charge in [0.25, 0.3) is 0 Å². The molecule has 1 saturated carbocycles. The Morgan fingerprint density at radius 2 is 1.88 bits per heavy atom. The minimum atomic E-state index is 0.154. The van der Waals surface area contributed by atoms with Crippen molar-refractivity contribution in [2.45, 2.75) is 58.4 Å². The lowest BCUT2D eigenvalue weighted by atomic mass is 9.79. The number of amides is 1. The van der Waals surface area contributed by atoms with Crippen LogP contribution in [0, 0.1) is 11.8 Å². The number of carbonyl (C=O) groups is 1. The first-order chi connectivity index (χ1) is 8.06. The van der Waals surface area contributed by atoms with Crippen molar-refractivity contribution in [1.29, 1.82) is 0 Å². The van der Waals surface area contributed by atoms with Crippen molar-refractivity contribution in [3.05, 3.63) is 0 Å². The summed E-state index contributed by atoms with van der Waals surface area (Å²) in [7, 11) is 1.87. The van der Waals surface area contributed by atoms with Crippen LogP contribution in [0.25, 0.3) is 0 Å². The van der Waals surface area contributed by atoms with Crippen LogP contribution in [0.5, 0.6) is 0 Å². The molecule has 0 aromatic rings. The molecule has 0 bridgehead atoms. The van der Waals surface area contributed by atoms with E-state index in [9.17, 15) is 4.79 Å². The minimum Gasteiger partial charge on any atom is -0.342 e. The first-order valence-corrected chi connectivity index (χ1v) is 7.02. The number of carbonyl (C=O) groups excluding carboxylic acids is 1. The summed E-state index contributed by atoms with van der Waals surface area (Å²) in [6.07, 6.45) is 7.37. The number of hydrogen-bond donors (Lipinski definition) is 1. The third-order valence-electron chi connectivity index (χ3n) is 4.35. The first kappa shape index (κ1) is 14.5. The molecule has 0 aromatic heterocycles. The van der Waals surface area contributed by atoms with Gasteiger partial charge in [-0.3, -0.25) is 4.79 Å². The van der Waals surface area contributed by atoms with Gasteiger partial charge in [0.1, 0.15) is 0 Å². The molecule has 1 fully saturated rings. The summed E-state index contributed by atoms with van der Waals surface area (Å²) in [5, 5.41) is 0. The van der Waals surface area contributed by atoms with Gasteiger partial charge < -0.3 is 10.6 Å². The highest BCUT2D eigenvalue weighted by atomic mass is 16.2. The van der Waals surface area contributed by atoms with E-state index < -0.39 is 0 Å². The molecule has 2 N–H and O–H groups in total. The van der Waals surface area contributed by atoms with E-state index in [1.165, 1.54) is 32.1 Å². The van der Waals surface area contributed by atoms with Crippen LogP contribution in [0.4, 0.5) is 0 Å². The fourth-order valence-corrected chi connectivity index (χ4v) is 2.69. The lowest BCUT2D eigenvalue weighted by Gasteiger charge is -2.30. The normalized spacial score (nSPS) is 20.9. The molecule has 1 rings (SSSR count). The van der Waals surface area contributed by atoms with Crippen LogP contribution in [0.1, 0.15) is 52.4 Å². The summed E-state index contributed by atoms with van der Waals surface area (Å²) in [5.74, 6) is 1.53. The van der Waals surface area contributed by atoms with Crippen LogP contribution in [-0.2, 0) is 4.79 Å². The van der Waals surface area contributed by atoms with Gasteiger partial charge in [0.2, 0.25) is 5.91 Å². The summed E-state index contributed by atoms with van der Waals surface area (Å²) in [6.45, 7) is 4.78. The molecule has 0 aromatic carbocycles. The van der Waals surface area contributed by atoms with E-state index in [2.05, 4.69) is 6.92 Å². The zero-order chi connectivity index (χ0) is 12.8. The van der Waals surface area contributed by atoms with Gasteiger partial charge in [-0.1, -0.05) is 39.0 Å². The van der Waals surface area contributed by atoms with Gasteiger partial charge in [-0.05, 0) is 18.8 Å². The van der Waals surface area contributed by atoms with E-state index in [4.69, 9.17) is 5.73 Å². The second-order valence-electron chi connectivity index (χ2n) is 5.67. The molecule has 0 saturated heterocycles. The van der Waals surface area contributed by atoms with Crippen LogP contribution in [-0.4, -0.2) is 30.4 Å². The maximum Gasteiger partial charge on any atom is 0.222 e. The molecular weight excluding hydrogens is 212 g/mol. The number of nitrogens with zero attached hydrogens (tertiary/aromatic N) is 1. The first-order valence-electron chi connectivity index (χ1n) is 7.02. The number of likely N-dealkylation sites (N-methyl/N-ethyl adjacent to an activating group) is 1. The average molecular weight is 240 g/mol. The Bertz CT molecular complexity index is 236. The lowest BCUT2D eigenvalue weighted by molar-refractivity contribution is -0.132. The highest BCUT2D eigenvalue weighted by molar-refractivity contribution is 5.76. The summed E-state index contributed by atoms with van der Waals surface area (Å²) in [4.78, 5) is 13.9. The van der Waals surface area contributed by atoms with Crippen molar-refractivity contribution >= 4 is 5.91 Å². The average Bonchev–Trinajstić information content (AvgIpc) is 2.37. The Balaban J connectivity index is 2.38. The fourth-order valence-electron chi connectivity index (χ4n) is 2.69. The van der Waals surface area contributed by atoms with Crippen molar-refractivity contribution in [2.24, 2.45) is 17.6 Å². The van der Waals surface area contributed by atoms with Crippen molar-refractivity contribution in [1.82, 2.24) is 4.90 Å². The number of rotatable bonds is 5. The zero-order valence-electron chi connectivity index (χ0n) is 11.6. The van der Waals surface area contributed by atoms with Crippen molar-refractivity contribution in [3.8, 4) is 0 Å². The predicted molar refractivity (Wildman–Crippen MR) is 71.6 cm³/mol. The molecule has 0 heterocycles. The third kappa shape index (κ3) is 4.30. The van der Waals surface area contributed by atoms with Gasteiger partial charge in [0, 0.05) is 26.1 Å². The quantitative estimate of drug-likeness (QED) is 0.802. The molecule has 0 aliphatic heterocycles. The molecule has 0 radical (unpaired) electrons. The maximum atomic E-state index is 12.1. The largest absolute Gasteiger partial charge is 0.342 e. The van der Waals surface area contributed by atoms with E-state index in [0.29, 0.717) is 18.9 Å². The van der Waals surface area contributed by atoms with Crippen LogP contribution in [0.3, 0.4) is 0 Å². The Hall–Kier alpha value is -0.570. The molecule has 100 valence electrons. The number of hydrogen-bond acceptors (Lipinski definition) is 2. The van der Waals surface area contributed by atoms with Crippen molar-refractivity contribution in [3.63, 3.8) is 0 Å². The summed E-state index contributed by atoms with van der Waals surface area (Å²) >= 11 is 0. The summed E-state index contributed by atoms with van der Waals surface area (Å²) < 4.78 is 0. The molecule has 3 heteroatoms. The second kappa shape index (κ2) is 7.00. The van der Waals surface area contributed by atoms with Gasteiger partial charge in [0.05, 0.1) is 0 Å². The van der Waals surface area contributed by atoms with E-state index >= 15 is 0 Å². The van der Waals surface area contributed by atoms with Gasteiger partial charge in [-0.2, -0.15) is 0 Å². The highest BCUT2D eigenvalue weighted by Crippen LogP contribution is 2.31. The van der Waals surface area contributed by atoms with Crippen LogP contribution < -0.4 is 5.73 Å². The Morgan fingerprint density at radius 3 is 2.41 bits per heavy atom. The molecule has 1 aliphatic rings. The van der Waals surface area contributed by atoms with E-state index in [-0.39, 0.29) is 11.9 Å². The molecular formula is C14H28N2O. The van der Waals surface area contributed by atoms with Crippen LogP contribution >= 0.6 is 0 Å². The highest BCUT2D eigenvalue weighted by Gasteiger charge is 2.24. The molecule has 17 heavy (non-hydrogen) atoms. The van der Waals surface area contributed by atoms with Crippen molar-refractivity contribution in [2.75, 3.05) is 13.6 Å². The Labute approximate surface area is 106 Å². The fraction of sp³-hybridized carbons (Fsp3) is 0.929. The van der Waals surface area contributed by atoms with Crippen LogP contribution in [0.15, 0.2) is 0 Å². The third-order valence-corrected chi connectivity index (χ3v) is 4.35. The maximum absolute atomic E-state index is 12.1. The van der Waals surface area contributed by atoms with Gasteiger partial charge in [-0.25, -0.2) is 0 Å². The van der Waals surface area contributed by atoms with Gasteiger partial charge in [0.15, 0.2) is 0 Å². The molecule has 2 unspecified atom stereocenters. The monoisotopic (exact) mass is 240 g/mol. The van der Waals surface area contributed by atoms with E-state index in [1.54, 1.807) is 4.90 Å². The second-order valence-corrected chi connectivity index (χ2v) is 5.67. The SMILES string of the molecule is CC(CC(=O)N(C)C(C)CN)C1CCCCC1. The summed E-state index contributed by atoms with van der Waals surface area (Å²) in [6, 6.07) is 0.154. The van der Waals surface area contributed by atoms with E-state index in [1.807, 2.05) is 14.0 Å². The molecule has 2 atom stereocenters. The molecule has 1 aliphatic carbocycles. The standard InChI is InChI=1S/C14H28N2O/c1-11(13-7-5-4-6-8-13)9-14(17)16(3)12(2)10-15/h11-13H,4-10,15H2,1-3H3.